The van der Waals surface area contributed by atoms with E-state index >= 15 is 0 Å². The number of carbonyl (C=O) groups is 6. The van der Waals surface area contributed by atoms with E-state index in [2.05, 4.69) is 0 Å². The highest BCUT2D eigenvalue weighted by atomic mass is 16.6. The van der Waals surface area contributed by atoms with Crippen LogP contribution < -0.4 is 0 Å². The summed E-state index contributed by atoms with van der Waals surface area (Å²) in [6.07, 6.45) is 0. The van der Waals surface area contributed by atoms with Gasteiger partial charge in [0.2, 0.25) is 0 Å². The van der Waals surface area contributed by atoms with Gasteiger partial charge in [-0.2, -0.15) is 0 Å². The van der Waals surface area contributed by atoms with E-state index in [-0.39, 0.29) is 139 Å². The van der Waals surface area contributed by atoms with Crippen LogP contribution >= 0.6 is 0 Å². The zero-order valence-electron chi connectivity index (χ0n) is 31.7. The zero-order valence-corrected chi connectivity index (χ0v) is 31.7. The van der Waals surface area contributed by atoms with Crippen LogP contribution in [-0.4, -0.2) is 152 Å². The third-order valence-electron chi connectivity index (χ3n) is 7.31. The monoisotopic (exact) mass is 814 g/mol. The minimum Gasteiger partial charge on any atom is -0.460 e. The maximum absolute atomic E-state index is 12.4. The van der Waals surface area contributed by atoms with Crippen LogP contribution in [0.25, 0.3) is 0 Å². The Labute approximate surface area is 333 Å². The second-order valence-electron chi connectivity index (χ2n) is 11.4. The lowest BCUT2D eigenvalue weighted by Crippen LogP contribution is -2.16. The number of hydrogen-bond acceptors (Lipinski definition) is 18. The van der Waals surface area contributed by atoms with Crippen molar-refractivity contribution in [3.8, 4) is 0 Å². The lowest BCUT2D eigenvalue weighted by molar-refractivity contribution is 0.0139. The first-order valence-corrected chi connectivity index (χ1v) is 18.1. The topological polar surface area (TPSA) is 235 Å². The van der Waals surface area contributed by atoms with Crippen LogP contribution in [0.1, 0.15) is 62.1 Å². The van der Waals surface area contributed by atoms with Crippen LogP contribution in [0.3, 0.4) is 0 Å². The van der Waals surface area contributed by atoms with Gasteiger partial charge in [-0.1, -0.05) is 0 Å². The molecule has 0 aliphatic carbocycles. The molecule has 0 spiro atoms. The summed E-state index contributed by atoms with van der Waals surface area (Å²) in [7, 11) is 0. The summed E-state index contributed by atoms with van der Waals surface area (Å²) in [5.41, 5.74) is 1.34. The Morgan fingerprint density at radius 3 is 0.586 bits per heavy atom. The molecule has 0 fully saturated rings. The number of rotatable bonds is 28. The zero-order chi connectivity index (χ0) is 41.8. The van der Waals surface area contributed by atoms with Crippen molar-refractivity contribution < 1.29 is 86.3 Å². The van der Waals surface area contributed by atoms with Gasteiger partial charge in [0.25, 0.3) is 0 Å². The highest BCUT2D eigenvalue weighted by Gasteiger charge is 2.14. The van der Waals surface area contributed by atoms with Gasteiger partial charge in [-0.05, 0) is 72.8 Å². The molecular formula is C40H46O18. The molecule has 3 aromatic carbocycles. The summed E-state index contributed by atoms with van der Waals surface area (Å²) >= 11 is 0. The number of aliphatic hydroxyl groups excluding tert-OH is 2. The molecule has 0 saturated carbocycles. The number of aliphatic hydroxyl groups is 2. The van der Waals surface area contributed by atoms with Gasteiger partial charge in [-0.15, -0.1) is 0 Å². The third-order valence-corrected chi connectivity index (χ3v) is 7.31. The van der Waals surface area contributed by atoms with Crippen molar-refractivity contribution in [2.45, 2.75) is 0 Å². The van der Waals surface area contributed by atoms with Crippen molar-refractivity contribution in [1.29, 1.82) is 0 Å². The van der Waals surface area contributed by atoms with Gasteiger partial charge in [0.15, 0.2) is 0 Å². The lowest BCUT2D eigenvalue weighted by atomic mass is 10.1. The number of hydrogen-bond donors (Lipinski definition) is 2. The van der Waals surface area contributed by atoms with Gasteiger partial charge in [-0.3, -0.25) is 0 Å². The SMILES string of the molecule is O=C(OCCOCCO)c1ccc(C(=O)OCCOCCOC(=O)c2ccc(C(=O)OCCOCCOC(=O)c3ccc(C(=O)OCCOCCO)cc3)cc2)cc1. The van der Waals surface area contributed by atoms with E-state index < -0.39 is 35.8 Å². The Kier molecular flexibility index (Phi) is 22.3. The van der Waals surface area contributed by atoms with Gasteiger partial charge < -0.3 is 57.6 Å². The third kappa shape index (κ3) is 18.0. The fourth-order valence-electron chi connectivity index (χ4n) is 4.42. The molecule has 0 bridgehead atoms. The van der Waals surface area contributed by atoms with Gasteiger partial charge >= 0.3 is 35.8 Å². The Morgan fingerprint density at radius 1 is 0.276 bits per heavy atom. The van der Waals surface area contributed by atoms with Crippen molar-refractivity contribution in [3.05, 3.63) is 106 Å². The van der Waals surface area contributed by atoms with Crippen LogP contribution in [0.5, 0.6) is 0 Å². The Morgan fingerprint density at radius 2 is 0.431 bits per heavy atom. The molecule has 0 radical (unpaired) electrons. The first-order valence-electron chi connectivity index (χ1n) is 18.1. The van der Waals surface area contributed by atoms with Gasteiger partial charge in [0, 0.05) is 0 Å². The Hall–Kier alpha value is -5.76. The minimum absolute atomic E-state index is 0.0238. The molecule has 0 saturated heterocycles. The molecule has 0 aliphatic rings. The van der Waals surface area contributed by atoms with E-state index in [0.29, 0.717) is 0 Å². The van der Waals surface area contributed by atoms with E-state index in [1.807, 2.05) is 0 Å². The van der Waals surface area contributed by atoms with E-state index in [9.17, 15) is 28.8 Å². The predicted molar refractivity (Wildman–Crippen MR) is 198 cm³/mol. The second-order valence-corrected chi connectivity index (χ2v) is 11.4. The van der Waals surface area contributed by atoms with E-state index in [1.54, 1.807) is 0 Å². The van der Waals surface area contributed by atoms with Crippen LogP contribution in [0.4, 0.5) is 0 Å². The summed E-state index contributed by atoms with van der Waals surface area (Å²) in [5.74, 6) is -3.68. The first kappa shape index (κ1) is 46.6. The molecule has 314 valence electrons. The molecule has 58 heavy (non-hydrogen) atoms. The van der Waals surface area contributed by atoms with Gasteiger partial charge in [-0.25, -0.2) is 28.8 Å². The maximum atomic E-state index is 12.4. The minimum atomic E-state index is -0.638. The first-order chi connectivity index (χ1) is 28.2. The molecular weight excluding hydrogens is 768 g/mol. The molecule has 0 heterocycles. The number of benzene rings is 3. The average Bonchev–Trinajstić information content (AvgIpc) is 3.25. The summed E-state index contributed by atoms with van der Waals surface area (Å²) in [5, 5.41) is 17.3. The smallest absolute Gasteiger partial charge is 0.338 e. The van der Waals surface area contributed by atoms with Crippen molar-refractivity contribution in [3.63, 3.8) is 0 Å². The molecule has 0 aromatic heterocycles. The van der Waals surface area contributed by atoms with Gasteiger partial charge in [0.1, 0.15) is 39.6 Å². The number of ether oxygens (including phenoxy) is 10. The summed E-state index contributed by atoms with van der Waals surface area (Å²) in [6, 6.07) is 17.1. The Bertz CT molecular complexity index is 1580. The predicted octanol–water partition coefficient (Wildman–Crippen LogP) is 2.08. The van der Waals surface area contributed by atoms with Crippen LogP contribution in [0.2, 0.25) is 0 Å². The molecule has 18 nitrogen and oxygen atoms in total. The van der Waals surface area contributed by atoms with E-state index in [4.69, 9.17) is 57.6 Å². The fraction of sp³-hybridized carbons (Fsp3) is 0.400. The van der Waals surface area contributed by atoms with Crippen LogP contribution in [-0.2, 0) is 47.4 Å². The molecule has 0 atom stereocenters. The van der Waals surface area contributed by atoms with Crippen LogP contribution in [0, 0.1) is 0 Å². The van der Waals surface area contributed by atoms with Gasteiger partial charge in [0.05, 0.1) is 99.4 Å². The van der Waals surface area contributed by atoms with Crippen LogP contribution in [0.15, 0.2) is 72.8 Å². The molecule has 3 aromatic rings. The second kappa shape index (κ2) is 27.8. The van der Waals surface area contributed by atoms with Crippen molar-refractivity contribution in [1.82, 2.24) is 0 Å². The molecule has 0 aliphatic heterocycles. The molecule has 2 N–H and O–H groups in total. The maximum Gasteiger partial charge on any atom is 0.338 e. The quantitative estimate of drug-likeness (QED) is 0.0606. The largest absolute Gasteiger partial charge is 0.460 e. The highest BCUT2D eigenvalue weighted by Crippen LogP contribution is 2.10. The van der Waals surface area contributed by atoms with Crippen molar-refractivity contribution >= 4 is 35.8 Å². The summed E-state index contributed by atoms with van der Waals surface area (Å²) < 4.78 is 51.4. The molecule has 3 rings (SSSR count). The number of esters is 6. The summed E-state index contributed by atoms with van der Waals surface area (Å²) in [4.78, 5) is 73.2. The highest BCUT2D eigenvalue weighted by molar-refractivity contribution is 5.95. The van der Waals surface area contributed by atoms with Crippen molar-refractivity contribution in [2.75, 3.05) is 106 Å². The Balaban J connectivity index is 1.20. The molecule has 0 unspecified atom stereocenters. The fourth-order valence-corrected chi connectivity index (χ4v) is 4.42. The standard InChI is InChI=1S/C40H46O18/c41-13-15-49-17-23-53-35(43)29-1-5-31(6-2-29)37(45)55-25-19-51-21-27-57-39(47)33-9-11-34(12-10-33)40(48)58-28-22-52-20-26-56-38(46)32-7-3-30(4-8-32)36(44)54-24-18-50-16-14-42/h1-12,41-42H,13-28H2. The average molecular weight is 815 g/mol. The normalized spacial score (nSPS) is 10.7. The van der Waals surface area contributed by atoms with Crippen molar-refractivity contribution in [2.24, 2.45) is 0 Å². The molecule has 0 amide bonds. The lowest BCUT2D eigenvalue weighted by Gasteiger charge is -2.09. The van der Waals surface area contributed by atoms with E-state index in [1.165, 1.54) is 72.8 Å². The number of carbonyl (C=O) groups excluding carboxylic acids is 6. The molecule has 18 heteroatoms. The summed E-state index contributed by atoms with van der Waals surface area (Å²) in [6.45, 7) is 0.305. The van der Waals surface area contributed by atoms with E-state index in [0.717, 1.165) is 0 Å².